The lowest BCUT2D eigenvalue weighted by atomic mass is 9.94. The third kappa shape index (κ3) is 5.84. The van der Waals surface area contributed by atoms with Gasteiger partial charge in [-0.05, 0) is 34.9 Å². The predicted octanol–water partition coefficient (Wildman–Crippen LogP) is 2.56. The number of ether oxygens (including phenoxy) is 4. The molecule has 3 rings (SSSR count). The van der Waals surface area contributed by atoms with Gasteiger partial charge >= 0.3 is 6.09 Å². The Hall–Kier alpha value is -2.84. The Bertz CT molecular complexity index is 864. The highest BCUT2D eigenvalue weighted by Crippen LogP contribution is 2.31. The minimum Gasteiger partial charge on any atom is -0.497 e. The summed E-state index contributed by atoms with van der Waals surface area (Å²) < 4.78 is 21.9. The number of hydrogen-bond acceptors (Lipinski definition) is 6. The fraction of sp³-hybridized carbons (Fsp3) is 0.455. The van der Waals surface area contributed by atoms with Crippen molar-refractivity contribution in [2.75, 3.05) is 40.5 Å². The lowest BCUT2D eigenvalue weighted by Gasteiger charge is -2.30. The van der Waals surface area contributed by atoms with Gasteiger partial charge in [-0.3, -0.25) is 4.79 Å². The zero-order valence-corrected chi connectivity index (χ0v) is 17.3. The first kappa shape index (κ1) is 21.9. The van der Waals surface area contributed by atoms with Gasteiger partial charge in [0.2, 0.25) is 0 Å². The molecular weight excluding hydrogens is 388 g/mol. The Morgan fingerprint density at radius 1 is 1.17 bits per heavy atom. The quantitative estimate of drug-likeness (QED) is 0.643. The molecule has 1 heterocycles. The molecule has 0 radical (unpaired) electrons. The molecule has 2 aromatic carbocycles. The van der Waals surface area contributed by atoms with E-state index < -0.39 is 6.09 Å². The Labute approximate surface area is 175 Å². The number of amides is 2. The van der Waals surface area contributed by atoms with Crippen molar-refractivity contribution in [1.29, 1.82) is 0 Å². The summed E-state index contributed by atoms with van der Waals surface area (Å²) in [7, 11) is 3.15. The highest BCUT2D eigenvalue weighted by Gasteiger charge is 2.24. The number of hydrogen-bond donors (Lipinski definition) is 2. The molecule has 0 spiro atoms. The number of rotatable bonds is 8. The highest BCUT2D eigenvalue weighted by molar-refractivity contribution is 5.87. The van der Waals surface area contributed by atoms with Gasteiger partial charge in [-0.15, -0.1) is 0 Å². The van der Waals surface area contributed by atoms with E-state index in [1.165, 1.54) is 12.6 Å². The van der Waals surface area contributed by atoms with Crippen molar-refractivity contribution in [3.05, 3.63) is 42.0 Å². The van der Waals surface area contributed by atoms with Gasteiger partial charge in [-0.2, -0.15) is 0 Å². The van der Waals surface area contributed by atoms with Crippen molar-refractivity contribution in [1.82, 2.24) is 10.6 Å². The van der Waals surface area contributed by atoms with Gasteiger partial charge in [0.05, 0.1) is 20.3 Å². The summed E-state index contributed by atoms with van der Waals surface area (Å²) >= 11 is 0. The Morgan fingerprint density at radius 2 is 1.97 bits per heavy atom. The minimum absolute atomic E-state index is 0.148. The maximum Gasteiger partial charge on any atom is 0.407 e. The second-order valence-corrected chi connectivity index (χ2v) is 7.05. The zero-order chi connectivity index (χ0) is 21.3. The summed E-state index contributed by atoms with van der Waals surface area (Å²) in [6.45, 7) is 1.27. The standard InChI is InChI=1S/C22H28N2O6/c1-23-20(25)14-30-22(26)24-10-4-7-21-28-12-16(13-29-21)18-6-3-5-15-8-9-17(27-2)11-19(15)18/h3,5-6,8-9,11,16,21H,4,7,10,12-14H2,1-2H3,(H,23,25)(H,24,26)/t16-,21-. The topological polar surface area (TPSA) is 95.1 Å². The fourth-order valence-electron chi connectivity index (χ4n) is 3.36. The molecule has 1 aliphatic rings. The average Bonchev–Trinajstić information content (AvgIpc) is 2.79. The van der Waals surface area contributed by atoms with Crippen molar-refractivity contribution < 1.29 is 28.5 Å². The van der Waals surface area contributed by atoms with Crippen LogP contribution in [0.3, 0.4) is 0 Å². The molecule has 1 aliphatic heterocycles. The van der Waals surface area contributed by atoms with Crippen LogP contribution in [0.5, 0.6) is 5.75 Å². The summed E-state index contributed by atoms with van der Waals surface area (Å²) in [5.41, 5.74) is 1.19. The average molecular weight is 416 g/mol. The van der Waals surface area contributed by atoms with E-state index in [9.17, 15) is 9.59 Å². The van der Waals surface area contributed by atoms with Crippen LogP contribution in [0.1, 0.15) is 24.3 Å². The summed E-state index contributed by atoms with van der Waals surface area (Å²) in [4.78, 5) is 22.5. The van der Waals surface area contributed by atoms with Crippen LogP contribution < -0.4 is 15.4 Å². The lowest BCUT2D eigenvalue weighted by Crippen LogP contribution is -2.33. The minimum atomic E-state index is -0.615. The van der Waals surface area contributed by atoms with E-state index in [4.69, 9.17) is 18.9 Å². The number of likely N-dealkylation sites (N-methyl/N-ethyl adjacent to an activating group) is 1. The van der Waals surface area contributed by atoms with Crippen LogP contribution in [0.4, 0.5) is 4.79 Å². The second-order valence-electron chi connectivity index (χ2n) is 7.05. The number of carbonyl (C=O) groups excluding carboxylic acids is 2. The van der Waals surface area contributed by atoms with Crippen LogP contribution in [0.2, 0.25) is 0 Å². The van der Waals surface area contributed by atoms with Gasteiger partial charge in [-0.25, -0.2) is 4.79 Å². The van der Waals surface area contributed by atoms with Gasteiger partial charge in [0.25, 0.3) is 5.91 Å². The SMILES string of the molecule is CNC(=O)COC(=O)NCCC[C@H]1OC[C@H](c2cccc3ccc(OC)cc32)CO1. The van der Waals surface area contributed by atoms with Crippen molar-refractivity contribution >= 4 is 22.8 Å². The first-order valence-corrected chi connectivity index (χ1v) is 10.0. The van der Waals surface area contributed by atoms with E-state index in [2.05, 4.69) is 28.8 Å². The first-order chi connectivity index (χ1) is 14.6. The van der Waals surface area contributed by atoms with Gasteiger partial charge in [-0.1, -0.05) is 24.3 Å². The predicted molar refractivity (Wildman–Crippen MR) is 112 cm³/mol. The molecule has 8 heteroatoms. The van der Waals surface area contributed by atoms with E-state index in [0.29, 0.717) is 32.6 Å². The van der Waals surface area contributed by atoms with E-state index in [0.717, 1.165) is 16.5 Å². The van der Waals surface area contributed by atoms with Crippen LogP contribution in [0, 0.1) is 0 Å². The van der Waals surface area contributed by atoms with Crippen LogP contribution in [-0.2, 0) is 19.0 Å². The summed E-state index contributed by atoms with van der Waals surface area (Å²) in [6.07, 6.45) is 0.423. The number of fused-ring (bicyclic) bond motifs is 1. The molecule has 2 N–H and O–H groups in total. The van der Waals surface area contributed by atoms with Gasteiger partial charge in [0.15, 0.2) is 12.9 Å². The molecule has 0 unspecified atom stereocenters. The molecular formula is C22H28N2O6. The molecule has 0 bridgehead atoms. The van der Waals surface area contributed by atoms with E-state index in [1.807, 2.05) is 18.2 Å². The molecule has 1 fully saturated rings. The molecule has 2 amide bonds. The van der Waals surface area contributed by atoms with E-state index in [-0.39, 0.29) is 24.7 Å². The van der Waals surface area contributed by atoms with Crippen molar-refractivity contribution in [2.45, 2.75) is 25.0 Å². The van der Waals surface area contributed by atoms with Gasteiger partial charge in [0.1, 0.15) is 5.75 Å². The number of nitrogens with one attached hydrogen (secondary N) is 2. The van der Waals surface area contributed by atoms with Gasteiger partial charge < -0.3 is 29.6 Å². The summed E-state index contributed by atoms with van der Waals surface area (Å²) in [5.74, 6) is 0.620. The normalized spacial score (nSPS) is 18.6. The van der Waals surface area contributed by atoms with Crippen LogP contribution >= 0.6 is 0 Å². The summed E-state index contributed by atoms with van der Waals surface area (Å²) in [5, 5.41) is 7.28. The highest BCUT2D eigenvalue weighted by atomic mass is 16.7. The van der Waals surface area contributed by atoms with Crippen LogP contribution in [-0.4, -0.2) is 58.8 Å². The zero-order valence-electron chi connectivity index (χ0n) is 17.3. The monoisotopic (exact) mass is 416 g/mol. The molecule has 0 atom stereocenters. The maximum atomic E-state index is 11.5. The molecule has 1 saturated heterocycles. The van der Waals surface area contributed by atoms with Crippen molar-refractivity contribution in [2.24, 2.45) is 0 Å². The smallest absolute Gasteiger partial charge is 0.407 e. The molecule has 30 heavy (non-hydrogen) atoms. The first-order valence-electron chi connectivity index (χ1n) is 10.0. The molecule has 0 saturated carbocycles. The number of carbonyl (C=O) groups is 2. The summed E-state index contributed by atoms with van der Waals surface area (Å²) in [6, 6.07) is 12.3. The van der Waals surface area contributed by atoms with Crippen LogP contribution in [0.25, 0.3) is 10.8 Å². The van der Waals surface area contributed by atoms with Crippen molar-refractivity contribution in [3.63, 3.8) is 0 Å². The largest absolute Gasteiger partial charge is 0.497 e. The third-order valence-electron chi connectivity index (χ3n) is 5.03. The van der Waals surface area contributed by atoms with Gasteiger partial charge in [0, 0.05) is 25.9 Å². The number of benzene rings is 2. The third-order valence-corrected chi connectivity index (χ3v) is 5.03. The molecule has 162 valence electrons. The lowest BCUT2D eigenvalue weighted by molar-refractivity contribution is -0.189. The molecule has 0 aromatic heterocycles. The molecule has 0 aliphatic carbocycles. The Balaban J connectivity index is 1.43. The van der Waals surface area contributed by atoms with E-state index in [1.54, 1.807) is 7.11 Å². The van der Waals surface area contributed by atoms with Crippen molar-refractivity contribution in [3.8, 4) is 5.75 Å². The van der Waals surface area contributed by atoms with E-state index >= 15 is 0 Å². The van der Waals surface area contributed by atoms with Crippen LogP contribution in [0.15, 0.2) is 36.4 Å². The maximum absolute atomic E-state index is 11.5. The second kappa shape index (κ2) is 10.8. The Kier molecular flexibility index (Phi) is 7.87. The molecule has 8 nitrogen and oxygen atoms in total. The Morgan fingerprint density at radius 3 is 2.70 bits per heavy atom. The molecule has 2 aromatic rings. The number of alkyl carbamates (subject to hydrolysis) is 1. The number of methoxy groups -OCH3 is 1. The fourth-order valence-corrected chi connectivity index (χ4v) is 3.36.